The number of thiophene rings is 1. The van der Waals surface area contributed by atoms with Gasteiger partial charge in [-0.1, -0.05) is 23.9 Å². The maximum Gasteiger partial charge on any atom is 0.234 e. The van der Waals surface area contributed by atoms with E-state index in [1.54, 1.807) is 18.4 Å². The van der Waals surface area contributed by atoms with Crippen molar-refractivity contribution in [2.24, 2.45) is 0 Å². The molecule has 0 atom stereocenters. The van der Waals surface area contributed by atoms with E-state index in [1.165, 1.54) is 22.2 Å². The number of rotatable bonds is 7. The first-order valence-electron chi connectivity index (χ1n) is 8.98. The number of carbonyl (C=O) groups is 1. The summed E-state index contributed by atoms with van der Waals surface area (Å²) >= 11 is 3.10. The van der Waals surface area contributed by atoms with Gasteiger partial charge < -0.3 is 10.1 Å². The van der Waals surface area contributed by atoms with Gasteiger partial charge in [-0.15, -0.1) is 21.5 Å². The molecule has 0 saturated heterocycles. The molecule has 0 radical (unpaired) electrons. The Hall–Kier alpha value is -2.32. The van der Waals surface area contributed by atoms with Crippen molar-refractivity contribution in [1.29, 1.82) is 0 Å². The number of hydrogen-bond acceptors (Lipinski definition) is 6. The zero-order valence-corrected chi connectivity index (χ0v) is 18.3. The highest BCUT2D eigenvalue weighted by Crippen LogP contribution is 2.33. The van der Waals surface area contributed by atoms with Gasteiger partial charge in [0.15, 0.2) is 11.0 Å². The molecule has 1 N–H and O–H groups in total. The van der Waals surface area contributed by atoms with E-state index in [4.69, 9.17) is 4.74 Å². The average Bonchev–Trinajstić information content (AvgIpc) is 3.24. The first-order valence-corrected chi connectivity index (χ1v) is 10.8. The molecule has 0 bridgehead atoms. The van der Waals surface area contributed by atoms with Crippen LogP contribution in [0, 0.1) is 13.8 Å². The fourth-order valence-electron chi connectivity index (χ4n) is 2.82. The minimum Gasteiger partial charge on any atom is -0.495 e. The summed E-state index contributed by atoms with van der Waals surface area (Å²) in [6, 6.07) is 7.54. The van der Waals surface area contributed by atoms with Crippen molar-refractivity contribution in [3.63, 3.8) is 0 Å². The molecule has 3 rings (SSSR count). The van der Waals surface area contributed by atoms with Crippen molar-refractivity contribution in [2.45, 2.75) is 38.9 Å². The summed E-state index contributed by atoms with van der Waals surface area (Å²) in [5.41, 5.74) is 2.99. The van der Waals surface area contributed by atoms with Gasteiger partial charge in [0.25, 0.3) is 0 Å². The van der Waals surface area contributed by atoms with Gasteiger partial charge in [0.2, 0.25) is 5.91 Å². The fraction of sp³-hybridized carbons (Fsp3) is 0.350. The van der Waals surface area contributed by atoms with Crippen LogP contribution in [0.4, 0.5) is 5.69 Å². The number of nitrogens with zero attached hydrogens (tertiary/aromatic N) is 3. The van der Waals surface area contributed by atoms with Gasteiger partial charge in [-0.2, -0.15) is 0 Å². The number of para-hydroxylation sites is 2. The molecule has 28 heavy (non-hydrogen) atoms. The van der Waals surface area contributed by atoms with Crippen molar-refractivity contribution in [3.8, 4) is 17.1 Å². The van der Waals surface area contributed by atoms with Gasteiger partial charge in [0.1, 0.15) is 5.75 Å². The van der Waals surface area contributed by atoms with E-state index in [9.17, 15) is 4.79 Å². The number of ether oxygens (including phenoxy) is 1. The van der Waals surface area contributed by atoms with Gasteiger partial charge >= 0.3 is 0 Å². The summed E-state index contributed by atoms with van der Waals surface area (Å²) in [7, 11) is 1.58. The molecule has 148 valence electrons. The highest BCUT2D eigenvalue weighted by Gasteiger charge is 2.20. The van der Waals surface area contributed by atoms with Gasteiger partial charge in [-0.3, -0.25) is 9.36 Å². The molecule has 0 aliphatic carbocycles. The third-order valence-corrected chi connectivity index (χ3v) is 6.38. The number of carbonyl (C=O) groups excluding carboxylic acids is 1. The van der Waals surface area contributed by atoms with E-state index in [2.05, 4.69) is 53.2 Å². The minimum atomic E-state index is -0.114. The number of hydrogen-bond donors (Lipinski definition) is 1. The molecule has 0 spiro atoms. The van der Waals surface area contributed by atoms with Crippen molar-refractivity contribution in [3.05, 3.63) is 40.1 Å². The van der Waals surface area contributed by atoms with Crippen molar-refractivity contribution < 1.29 is 9.53 Å². The Balaban J connectivity index is 1.76. The molecule has 1 aromatic carbocycles. The summed E-state index contributed by atoms with van der Waals surface area (Å²) in [6.45, 7) is 8.41. The van der Waals surface area contributed by atoms with Crippen LogP contribution in [0.2, 0.25) is 0 Å². The van der Waals surface area contributed by atoms with Crippen molar-refractivity contribution >= 4 is 34.7 Å². The second-order valence-corrected chi connectivity index (χ2v) is 8.66. The third-order valence-electron chi connectivity index (χ3n) is 4.42. The minimum absolute atomic E-state index is 0.114. The number of anilines is 1. The molecule has 0 aliphatic rings. The lowest BCUT2D eigenvalue weighted by molar-refractivity contribution is -0.113. The molecular formula is C20H24N4O2S2. The van der Waals surface area contributed by atoms with Crippen molar-refractivity contribution in [1.82, 2.24) is 14.8 Å². The van der Waals surface area contributed by atoms with Crippen LogP contribution in [0.3, 0.4) is 0 Å². The van der Waals surface area contributed by atoms with Crippen LogP contribution in [0.25, 0.3) is 11.4 Å². The van der Waals surface area contributed by atoms with E-state index >= 15 is 0 Å². The molecule has 6 nitrogen and oxygen atoms in total. The smallest absolute Gasteiger partial charge is 0.234 e. The van der Waals surface area contributed by atoms with Crippen LogP contribution in [-0.4, -0.2) is 33.5 Å². The maximum absolute atomic E-state index is 12.4. The van der Waals surface area contributed by atoms with Crippen LogP contribution in [0.15, 0.2) is 34.8 Å². The van der Waals surface area contributed by atoms with E-state index in [-0.39, 0.29) is 17.7 Å². The Kier molecular flexibility index (Phi) is 6.41. The Morgan fingerprint density at radius 1 is 1.29 bits per heavy atom. The molecule has 3 aromatic rings. The summed E-state index contributed by atoms with van der Waals surface area (Å²) < 4.78 is 7.37. The Morgan fingerprint density at radius 2 is 2.04 bits per heavy atom. The molecule has 0 unspecified atom stereocenters. The normalized spacial score (nSPS) is 11.1. The molecule has 2 aromatic heterocycles. The van der Waals surface area contributed by atoms with Crippen LogP contribution < -0.4 is 10.1 Å². The summed E-state index contributed by atoms with van der Waals surface area (Å²) in [4.78, 5) is 13.7. The average molecular weight is 417 g/mol. The molecule has 0 aliphatic heterocycles. The fourth-order valence-corrected chi connectivity index (χ4v) is 4.55. The van der Waals surface area contributed by atoms with Gasteiger partial charge in [0, 0.05) is 21.9 Å². The molecule has 1 amide bonds. The van der Waals surface area contributed by atoms with E-state index in [0.29, 0.717) is 11.4 Å². The largest absolute Gasteiger partial charge is 0.495 e. The SMILES string of the molecule is COc1ccccc1NC(=O)CSc1nnc(-c2csc(C)c2C)n1C(C)C. The molecule has 0 fully saturated rings. The summed E-state index contributed by atoms with van der Waals surface area (Å²) in [6.07, 6.45) is 0. The lowest BCUT2D eigenvalue weighted by Gasteiger charge is -2.14. The Bertz CT molecular complexity index is 978. The zero-order chi connectivity index (χ0) is 20.3. The molecule has 8 heteroatoms. The van der Waals surface area contributed by atoms with Crippen LogP contribution >= 0.6 is 23.1 Å². The van der Waals surface area contributed by atoms with E-state index in [0.717, 1.165) is 16.5 Å². The maximum atomic E-state index is 12.4. The first-order chi connectivity index (χ1) is 13.4. The number of thioether (sulfide) groups is 1. The predicted octanol–water partition coefficient (Wildman–Crippen LogP) is 4.94. The number of methoxy groups -OCH3 is 1. The first kappa shape index (κ1) is 20.4. The standard InChI is InChI=1S/C20H24N4O2S2/c1-12(2)24-19(15-10-27-14(4)13(15)3)22-23-20(24)28-11-18(25)21-16-8-6-7-9-17(16)26-5/h6-10,12H,11H2,1-5H3,(H,21,25). The second-order valence-electron chi connectivity index (χ2n) is 6.64. The monoisotopic (exact) mass is 416 g/mol. The number of aryl methyl sites for hydroxylation is 1. The summed E-state index contributed by atoms with van der Waals surface area (Å²) in [5, 5.41) is 14.5. The molecular weight excluding hydrogens is 392 g/mol. The van der Waals surface area contributed by atoms with Gasteiger partial charge in [0.05, 0.1) is 18.6 Å². The highest BCUT2D eigenvalue weighted by atomic mass is 32.2. The van der Waals surface area contributed by atoms with Crippen LogP contribution in [0.5, 0.6) is 5.75 Å². The summed E-state index contributed by atoms with van der Waals surface area (Å²) in [5.74, 6) is 1.61. The van der Waals surface area contributed by atoms with Crippen molar-refractivity contribution in [2.75, 3.05) is 18.2 Å². The lowest BCUT2D eigenvalue weighted by atomic mass is 10.1. The Labute approximate surface area is 173 Å². The second kappa shape index (κ2) is 8.79. The predicted molar refractivity (Wildman–Crippen MR) is 116 cm³/mol. The third kappa shape index (κ3) is 4.23. The number of amides is 1. The van der Waals surface area contributed by atoms with Crippen LogP contribution in [0.1, 0.15) is 30.3 Å². The van der Waals surface area contributed by atoms with E-state index in [1.807, 2.05) is 24.3 Å². The number of nitrogens with one attached hydrogen (secondary N) is 1. The molecule has 2 heterocycles. The van der Waals surface area contributed by atoms with Gasteiger partial charge in [-0.25, -0.2) is 0 Å². The zero-order valence-electron chi connectivity index (χ0n) is 16.6. The highest BCUT2D eigenvalue weighted by molar-refractivity contribution is 7.99. The lowest BCUT2D eigenvalue weighted by Crippen LogP contribution is -2.15. The number of benzene rings is 1. The van der Waals surface area contributed by atoms with Gasteiger partial charge in [-0.05, 0) is 45.4 Å². The molecule has 0 saturated carbocycles. The topological polar surface area (TPSA) is 69.0 Å². The number of aromatic nitrogens is 3. The van der Waals surface area contributed by atoms with Crippen LogP contribution in [-0.2, 0) is 4.79 Å². The Morgan fingerprint density at radius 3 is 2.68 bits per heavy atom. The van der Waals surface area contributed by atoms with E-state index < -0.39 is 0 Å². The quantitative estimate of drug-likeness (QED) is 0.552.